The number of aliphatic hydroxyl groups is 2. The minimum atomic E-state index is -0.762. The maximum absolute atomic E-state index is 12.8. The van der Waals surface area contributed by atoms with E-state index >= 15 is 0 Å². The number of unbranched alkanes of at least 4 members (excludes halogenated alkanes) is 19. The zero-order valence-corrected chi connectivity index (χ0v) is 51.6. The molecular weight excluding hydrogens is 1040 g/mol. The van der Waals surface area contributed by atoms with Gasteiger partial charge in [-0.1, -0.05) is 128 Å². The number of rotatable bonds is 51. The fourth-order valence-electron chi connectivity index (χ4n) is 8.75. The fraction of sp³-hybridized carbons (Fsp3) is 0.833. The predicted molar refractivity (Wildman–Crippen MR) is 303 cm³/mol. The third kappa shape index (κ3) is 50.9. The molecule has 0 fully saturated rings. The molecule has 2 amide bonds. The normalized spacial score (nSPS) is 13.2. The number of carbonyl (C=O) groups excluding carboxylic acids is 6. The third-order valence-corrected chi connectivity index (χ3v) is 13.6. The summed E-state index contributed by atoms with van der Waals surface area (Å²) in [6, 6.07) is 0. The Morgan fingerprint density at radius 3 is 1.14 bits per heavy atom. The number of likely N-dealkylation sites (N-methyl/N-ethyl adjacent to an activating group) is 2. The molecule has 0 spiro atoms. The molecule has 18 heteroatoms. The second-order valence-electron chi connectivity index (χ2n) is 22.3. The molecule has 0 saturated carbocycles. The molecule has 0 aromatic rings. The summed E-state index contributed by atoms with van der Waals surface area (Å²) in [7, 11) is 7.55. The van der Waals surface area contributed by atoms with Gasteiger partial charge in [-0.25, -0.2) is 9.59 Å². The van der Waals surface area contributed by atoms with Crippen LogP contribution in [0.25, 0.3) is 0 Å². The van der Waals surface area contributed by atoms with Gasteiger partial charge in [0.25, 0.3) is 0 Å². The maximum atomic E-state index is 12.8. The van der Waals surface area contributed by atoms with Crippen molar-refractivity contribution in [2.24, 2.45) is 0 Å². The number of carbonyl (C=O) groups is 6. The lowest BCUT2D eigenvalue weighted by Gasteiger charge is -2.30. The van der Waals surface area contributed by atoms with Crippen molar-refractivity contribution in [3.8, 4) is 0 Å². The molecule has 0 heterocycles. The molecule has 0 radical (unpaired) electrons. The second-order valence-corrected chi connectivity index (χ2v) is 22.3. The van der Waals surface area contributed by atoms with Crippen molar-refractivity contribution in [1.29, 1.82) is 0 Å². The minimum Gasteiger partial charge on any atom is -1.00 e. The summed E-state index contributed by atoms with van der Waals surface area (Å²) in [6.07, 6.45) is 33.2. The van der Waals surface area contributed by atoms with Gasteiger partial charge >= 0.3 is 23.9 Å². The van der Waals surface area contributed by atoms with Crippen LogP contribution in [0.5, 0.6) is 0 Å². The molecule has 4 N–H and O–H groups in total. The SMILES string of the molecule is CCCCCC(OC(=O)C[N+](C)(C)CCOC(C)=O)C(O)CC=CCCCCCCCC(=O)NCCCCCCCCNC(=O)CCCCCCCC=CCC(O)C(CCCCC)OC(=O)C[N+](C)(C)CCOC(C)=O.[Cl-].[Cl-]. The minimum absolute atomic E-state index is 0. The molecular formula is C60H112Cl2N4O12. The molecule has 0 aliphatic rings. The highest BCUT2D eigenvalue weighted by Gasteiger charge is 2.29. The number of hydrogen-bond acceptors (Lipinski definition) is 12. The van der Waals surface area contributed by atoms with Crippen molar-refractivity contribution in [3.63, 3.8) is 0 Å². The Labute approximate surface area is 485 Å². The van der Waals surface area contributed by atoms with Crippen LogP contribution in [0.4, 0.5) is 0 Å². The number of nitrogens with zero attached hydrogens (tertiary/aromatic N) is 2. The van der Waals surface area contributed by atoms with E-state index in [-0.39, 0.29) is 86.8 Å². The van der Waals surface area contributed by atoms with Crippen molar-refractivity contribution in [3.05, 3.63) is 24.3 Å². The molecule has 458 valence electrons. The Morgan fingerprint density at radius 1 is 0.462 bits per heavy atom. The lowest BCUT2D eigenvalue weighted by atomic mass is 10.0. The van der Waals surface area contributed by atoms with Crippen molar-refractivity contribution in [2.75, 3.05) is 80.7 Å². The van der Waals surface area contributed by atoms with Crippen LogP contribution in [0.2, 0.25) is 0 Å². The molecule has 0 aliphatic heterocycles. The lowest BCUT2D eigenvalue weighted by molar-refractivity contribution is -0.883. The number of esters is 4. The van der Waals surface area contributed by atoms with E-state index in [0.717, 1.165) is 167 Å². The summed E-state index contributed by atoms with van der Waals surface area (Å²) in [6.45, 7) is 10.1. The predicted octanol–water partition coefficient (Wildman–Crippen LogP) is 3.91. The first-order chi connectivity index (χ1) is 36.3. The Hall–Kier alpha value is -3.28. The first-order valence-electron chi connectivity index (χ1n) is 29.8. The second kappa shape index (κ2) is 51.8. The standard InChI is InChI=1S/C60H110N4O12.2ClH/c1-9-11-29-39-55(75-59(71)49-63(5,6)45-47-73-51(3)65)53(67)37-31-23-17-13-15-19-25-33-41-57(69)61-43-35-27-21-22-28-36-44-62-58(70)42-34-26-20-16-14-18-24-32-38-54(68)56(40-30-12-10-2)76-60(72)50-64(7,8)46-48-74-52(4)66;;/h23-24,31-32,53-56,67-68H,9-22,25-30,33-50H2,1-8H3;2*1H. The van der Waals surface area contributed by atoms with Crippen LogP contribution < -0.4 is 35.4 Å². The zero-order chi connectivity index (χ0) is 56.7. The van der Waals surface area contributed by atoms with Gasteiger partial charge in [-0.15, -0.1) is 0 Å². The van der Waals surface area contributed by atoms with Crippen molar-refractivity contribution >= 4 is 35.7 Å². The number of halogens is 2. The van der Waals surface area contributed by atoms with Crippen molar-refractivity contribution in [1.82, 2.24) is 10.6 Å². The van der Waals surface area contributed by atoms with Crippen LogP contribution in [0, 0.1) is 0 Å². The molecule has 0 bridgehead atoms. The molecule has 78 heavy (non-hydrogen) atoms. The summed E-state index contributed by atoms with van der Waals surface area (Å²) in [5.74, 6) is -1.15. The van der Waals surface area contributed by atoms with Gasteiger partial charge in [0.05, 0.1) is 40.4 Å². The van der Waals surface area contributed by atoms with E-state index in [9.17, 15) is 39.0 Å². The smallest absolute Gasteiger partial charge is 0.362 e. The Kier molecular flexibility index (Phi) is 52.5. The van der Waals surface area contributed by atoms with E-state index in [1.165, 1.54) is 13.8 Å². The number of hydrogen-bond donors (Lipinski definition) is 4. The number of amides is 2. The average molecular weight is 1150 g/mol. The van der Waals surface area contributed by atoms with Crippen LogP contribution in [0.3, 0.4) is 0 Å². The van der Waals surface area contributed by atoms with E-state index < -0.39 is 24.4 Å². The topological polar surface area (TPSA) is 204 Å². The molecule has 4 atom stereocenters. The monoisotopic (exact) mass is 1150 g/mol. The summed E-state index contributed by atoms with van der Waals surface area (Å²) in [5, 5.41) is 27.9. The van der Waals surface area contributed by atoms with E-state index in [1.807, 2.05) is 40.3 Å². The fourth-order valence-corrected chi connectivity index (χ4v) is 8.75. The molecule has 0 aromatic carbocycles. The van der Waals surface area contributed by atoms with Gasteiger partial charge < -0.3 is 73.6 Å². The summed E-state index contributed by atoms with van der Waals surface area (Å²) >= 11 is 0. The molecule has 0 aromatic heterocycles. The number of aliphatic hydroxyl groups excluding tert-OH is 2. The van der Waals surface area contributed by atoms with Gasteiger partial charge in [-0.3, -0.25) is 19.2 Å². The van der Waals surface area contributed by atoms with Gasteiger partial charge in [0, 0.05) is 39.8 Å². The number of quaternary nitrogens is 2. The molecule has 0 aliphatic carbocycles. The molecule has 16 nitrogen and oxygen atoms in total. The Balaban J connectivity index is -0.0000281. The Bertz CT molecular complexity index is 1490. The molecule has 0 rings (SSSR count). The maximum Gasteiger partial charge on any atom is 0.362 e. The molecule has 4 unspecified atom stereocenters. The number of ether oxygens (including phenoxy) is 4. The largest absolute Gasteiger partial charge is 1.00 e. The van der Waals surface area contributed by atoms with Gasteiger partial charge in [-0.2, -0.15) is 0 Å². The van der Waals surface area contributed by atoms with Gasteiger partial charge in [0.1, 0.15) is 38.5 Å². The van der Waals surface area contributed by atoms with Gasteiger partial charge in [0.15, 0.2) is 13.1 Å². The number of nitrogens with one attached hydrogen (secondary N) is 2. The van der Waals surface area contributed by atoms with Crippen molar-refractivity contribution < 1.29 is 91.7 Å². The average Bonchev–Trinajstić information content (AvgIpc) is 3.34. The highest BCUT2D eigenvalue weighted by Crippen LogP contribution is 2.18. The van der Waals surface area contributed by atoms with E-state index in [4.69, 9.17) is 18.9 Å². The summed E-state index contributed by atoms with van der Waals surface area (Å²) < 4.78 is 22.3. The summed E-state index contributed by atoms with van der Waals surface area (Å²) in [5.41, 5.74) is 0. The van der Waals surface area contributed by atoms with E-state index in [1.54, 1.807) is 0 Å². The third-order valence-electron chi connectivity index (χ3n) is 13.6. The van der Waals surface area contributed by atoms with Crippen LogP contribution in [-0.2, 0) is 47.7 Å². The first kappa shape index (κ1) is 78.9. The number of allylic oxidation sites excluding steroid dienone is 2. The van der Waals surface area contributed by atoms with Crippen LogP contribution in [0.15, 0.2) is 24.3 Å². The Morgan fingerprint density at radius 2 is 0.795 bits per heavy atom. The van der Waals surface area contributed by atoms with Gasteiger partial charge in [-0.05, 0) is 89.9 Å². The quantitative estimate of drug-likeness (QED) is 0.0225. The molecule has 0 saturated heterocycles. The first-order valence-corrected chi connectivity index (χ1v) is 29.8. The van der Waals surface area contributed by atoms with Crippen LogP contribution in [0.1, 0.15) is 220 Å². The van der Waals surface area contributed by atoms with Crippen molar-refractivity contribution in [2.45, 2.75) is 245 Å². The summed E-state index contributed by atoms with van der Waals surface area (Å²) in [4.78, 5) is 72.4. The lowest BCUT2D eigenvalue weighted by Crippen LogP contribution is -3.00. The highest BCUT2D eigenvalue weighted by molar-refractivity contribution is 5.76. The van der Waals surface area contributed by atoms with E-state index in [0.29, 0.717) is 60.6 Å². The van der Waals surface area contributed by atoms with Crippen LogP contribution in [-0.4, -0.2) is 160 Å². The van der Waals surface area contributed by atoms with Crippen LogP contribution >= 0.6 is 0 Å². The highest BCUT2D eigenvalue weighted by atomic mass is 35.5. The van der Waals surface area contributed by atoms with Gasteiger partial charge in [0.2, 0.25) is 11.8 Å². The zero-order valence-electron chi connectivity index (χ0n) is 50.1. The van der Waals surface area contributed by atoms with E-state index in [2.05, 4.69) is 36.6 Å².